The minimum Gasteiger partial charge on any atom is -0.396 e. The number of nitrogens with zero attached hydrogens (tertiary/aromatic N) is 3. The van der Waals surface area contributed by atoms with E-state index in [4.69, 9.17) is 0 Å². The Labute approximate surface area is 119 Å². The molecule has 0 bridgehead atoms. The Bertz CT molecular complexity index is 580. The van der Waals surface area contributed by atoms with Gasteiger partial charge in [-0.05, 0) is 49.3 Å². The third kappa shape index (κ3) is 2.77. The van der Waals surface area contributed by atoms with Gasteiger partial charge in [0, 0.05) is 19.3 Å². The van der Waals surface area contributed by atoms with Crippen LogP contribution >= 0.6 is 0 Å². The van der Waals surface area contributed by atoms with Gasteiger partial charge in [0.2, 0.25) is 5.95 Å². The number of pyridine rings is 1. The van der Waals surface area contributed by atoms with Crippen LogP contribution in [0.3, 0.4) is 0 Å². The average molecular weight is 274 g/mol. The number of anilines is 1. The molecule has 5 nitrogen and oxygen atoms in total. The SMILES string of the molecule is Cc1ccn2nc(NCC3CCCCC3CO)nc2c1. The number of hydrogen-bond acceptors (Lipinski definition) is 4. The lowest BCUT2D eigenvalue weighted by molar-refractivity contribution is 0.141. The minimum atomic E-state index is 0.296. The molecule has 1 aliphatic rings. The molecule has 1 saturated carbocycles. The first-order valence-corrected chi connectivity index (χ1v) is 7.44. The molecule has 2 aromatic rings. The van der Waals surface area contributed by atoms with Crippen molar-refractivity contribution in [2.45, 2.75) is 32.6 Å². The van der Waals surface area contributed by atoms with Crippen molar-refractivity contribution < 1.29 is 5.11 Å². The second-order valence-electron chi connectivity index (χ2n) is 5.81. The van der Waals surface area contributed by atoms with Crippen LogP contribution in [-0.2, 0) is 0 Å². The number of aryl methyl sites for hydroxylation is 1. The molecule has 0 saturated heterocycles. The highest BCUT2D eigenvalue weighted by Crippen LogP contribution is 2.29. The first-order valence-electron chi connectivity index (χ1n) is 7.44. The Morgan fingerprint density at radius 2 is 2.15 bits per heavy atom. The predicted molar refractivity (Wildman–Crippen MR) is 78.7 cm³/mol. The summed E-state index contributed by atoms with van der Waals surface area (Å²) in [6.07, 6.45) is 6.76. The van der Waals surface area contributed by atoms with Gasteiger partial charge in [0.1, 0.15) is 0 Å². The van der Waals surface area contributed by atoms with Crippen LogP contribution in [0.1, 0.15) is 31.2 Å². The first-order chi connectivity index (χ1) is 9.76. The van der Waals surface area contributed by atoms with Crippen molar-refractivity contribution >= 4 is 11.6 Å². The fourth-order valence-corrected chi connectivity index (χ4v) is 3.07. The van der Waals surface area contributed by atoms with E-state index in [1.165, 1.54) is 24.8 Å². The second-order valence-corrected chi connectivity index (χ2v) is 5.81. The fourth-order valence-electron chi connectivity index (χ4n) is 3.07. The first kappa shape index (κ1) is 13.4. The van der Waals surface area contributed by atoms with Gasteiger partial charge in [0.15, 0.2) is 5.65 Å². The Kier molecular flexibility index (Phi) is 3.87. The number of rotatable bonds is 4. The Hall–Kier alpha value is -1.62. The highest BCUT2D eigenvalue weighted by molar-refractivity contribution is 5.45. The zero-order valence-corrected chi connectivity index (χ0v) is 11.9. The Morgan fingerprint density at radius 1 is 1.35 bits per heavy atom. The van der Waals surface area contributed by atoms with E-state index < -0.39 is 0 Å². The summed E-state index contributed by atoms with van der Waals surface area (Å²) in [7, 11) is 0. The summed E-state index contributed by atoms with van der Waals surface area (Å²) < 4.78 is 1.79. The zero-order chi connectivity index (χ0) is 13.9. The lowest BCUT2D eigenvalue weighted by Crippen LogP contribution is -2.28. The van der Waals surface area contributed by atoms with Gasteiger partial charge in [-0.1, -0.05) is 12.8 Å². The molecule has 1 fully saturated rings. The molecule has 2 heterocycles. The number of aliphatic hydroxyl groups excluding tert-OH is 1. The highest BCUT2D eigenvalue weighted by atomic mass is 16.3. The monoisotopic (exact) mass is 274 g/mol. The fraction of sp³-hybridized carbons (Fsp3) is 0.600. The summed E-state index contributed by atoms with van der Waals surface area (Å²) in [6, 6.07) is 4.05. The van der Waals surface area contributed by atoms with Crippen molar-refractivity contribution in [1.82, 2.24) is 14.6 Å². The van der Waals surface area contributed by atoms with E-state index in [1.807, 2.05) is 18.3 Å². The summed E-state index contributed by atoms with van der Waals surface area (Å²) in [6.45, 7) is 3.20. The molecule has 0 amide bonds. The second kappa shape index (κ2) is 5.79. The van der Waals surface area contributed by atoms with Crippen LogP contribution in [0.4, 0.5) is 5.95 Å². The Morgan fingerprint density at radius 3 is 2.95 bits per heavy atom. The molecule has 0 aromatic carbocycles. The maximum absolute atomic E-state index is 9.44. The smallest absolute Gasteiger partial charge is 0.243 e. The lowest BCUT2D eigenvalue weighted by atomic mass is 9.80. The number of aromatic nitrogens is 3. The van der Waals surface area contributed by atoms with Gasteiger partial charge in [-0.15, -0.1) is 5.10 Å². The molecule has 0 aliphatic heterocycles. The zero-order valence-electron chi connectivity index (χ0n) is 11.9. The maximum Gasteiger partial charge on any atom is 0.243 e. The molecule has 20 heavy (non-hydrogen) atoms. The molecule has 2 aromatic heterocycles. The molecule has 2 N–H and O–H groups in total. The van der Waals surface area contributed by atoms with Crippen LogP contribution in [0.5, 0.6) is 0 Å². The van der Waals surface area contributed by atoms with Crippen LogP contribution in [0.15, 0.2) is 18.3 Å². The van der Waals surface area contributed by atoms with E-state index in [1.54, 1.807) is 4.52 Å². The minimum absolute atomic E-state index is 0.296. The molecule has 0 spiro atoms. The third-order valence-corrected chi connectivity index (χ3v) is 4.32. The molecule has 2 atom stereocenters. The van der Waals surface area contributed by atoms with E-state index >= 15 is 0 Å². The quantitative estimate of drug-likeness (QED) is 0.897. The number of hydrogen-bond donors (Lipinski definition) is 2. The summed E-state index contributed by atoms with van der Waals surface area (Å²) in [5.41, 5.74) is 2.05. The van der Waals surface area contributed by atoms with Gasteiger partial charge in [-0.25, -0.2) is 4.52 Å². The largest absolute Gasteiger partial charge is 0.396 e. The Balaban J connectivity index is 1.67. The molecule has 1 aliphatic carbocycles. The van der Waals surface area contributed by atoms with E-state index in [-0.39, 0.29) is 0 Å². The maximum atomic E-state index is 9.44. The molecule has 5 heteroatoms. The van der Waals surface area contributed by atoms with Crippen LogP contribution in [0.2, 0.25) is 0 Å². The summed E-state index contributed by atoms with van der Waals surface area (Å²) >= 11 is 0. The molecule has 2 unspecified atom stereocenters. The van der Waals surface area contributed by atoms with Crippen LogP contribution in [-0.4, -0.2) is 32.9 Å². The van der Waals surface area contributed by atoms with Gasteiger partial charge in [0.25, 0.3) is 0 Å². The molecular formula is C15H22N4O. The van der Waals surface area contributed by atoms with Crippen molar-refractivity contribution in [2.24, 2.45) is 11.8 Å². The van der Waals surface area contributed by atoms with Gasteiger partial charge in [-0.2, -0.15) is 4.98 Å². The number of aliphatic hydroxyl groups is 1. The highest BCUT2D eigenvalue weighted by Gasteiger charge is 2.24. The van der Waals surface area contributed by atoms with Crippen molar-refractivity contribution in [1.29, 1.82) is 0 Å². The summed E-state index contributed by atoms with van der Waals surface area (Å²) in [4.78, 5) is 4.49. The van der Waals surface area contributed by atoms with Gasteiger partial charge in [0.05, 0.1) is 0 Å². The molecular weight excluding hydrogens is 252 g/mol. The van der Waals surface area contributed by atoms with Crippen LogP contribution in [0, 0.1) is 18.8 Å². The third-order valence-electron chi connectivity index (χ3n) is 4.32. The lowest BCUT2D eigenvalue weighted by Gasteiger charge is -2.30. The van der Waals surface area contributed by atoms with Crippen LogP contribution in [0.25, 0.3) is 5.65 Å². The summed E-state index contributed by atoms with van der Waals surface area (Å²) in [5.74, 6) is 1.63. The number of fused-ring (bicyclic) bond motifs is 1. The molecule has 3 rings (SSSR count). The van der Waals surface area contributed by atoms with E-state index in [2.05, 4.69) is 22.3 Å². The standard InChI is InChI=1S/C15H22N4O/c1-11-6-7-19-14(8-11)17-15(18-19)16-9-12-4-2-3-5-13(12)10-20/h6-8,12-13,20H,2-5,9-10H2,1H3,(H,16,18). The predicted octanol–water partition coefficient (Wildman–Crippen LogP) is 2.25. The average Bonchev–Trinajstić information content (AvgIpc) is 2.87. The van der Waals surface area contributed by atoms with E-state index in [0.717, 1.165) is 18.6 Å². The van der Waals surface area contributed by atoms with Crippen molar-refractivity contribution in [3.8, 4) is 0 Å². The van der Waals surface area contributed by atoms with Crippen LogP contribution < -0.4 is 5.32 Å². The van der Waals surface area contributed by atoms with Crippen molar-refractivity contribution in [3.63, 3.8) is 0 Å². The molecule has 0 radical (unpaired) electrons. The van der Waals surface area contributed by atoms with Gasteiger partial charge in [-0.3, -0.25) is 0 Å². The van der Waals surface area contributed by atoms with E-state index in [0.29, 0.717) is 24.4 Å². The van der Waals surface area contributed by atoms with E-state index in [9.17, 15) is 5.11 Å². The van der Waals surface area contributed by atoms with Crippen molar-refractivity contribution in [3.05, 3.63) is 23.9 Å². The van der Waals surface area contributed by atoms with Gasteiger partial charge < -0.3 is 10.4 Å². The van der Waals surface area contributed by atoms with Gasteiger partial charge >= 0.3 is 0 Å². The summed E-state index contributed by atoms with van der Waals surface area (Å²) in [5, 5.41) is 17.2. The number of nitrogens with one attached hydrogen (secondary N) is 1. The normalized spacial score (nSPS) is 23.1. The van der Waals surface area contributed by atoms with Crippen molar-refractivity contribution in [2.75, 3.05) is 18.5 Å². The topological polar surface area (TPSA) is 62.5 Å². The molecule has 108 valence electrons.